The summed E-state index contributed by atoms with van der Waals surface area (Å²) in [5.74, 6) is 1.49. The molecule has 4 heteroatoms. The van der Waals surface area contributed by atoms with Gasteiger partial charge in [-0.15, -0.1) is 0 Å². The lowest BCUT2D eigenvalue weighted by Crippen LogP contribution is -2.12. The van der Waals surface area contributed by atoms with E-state index in [4.69, 9.17) is 4.74 Å². The average Bonchev–Trinajstić information content (AvgIpc) is 2.83. The van der Waals surface area contributed by atoms with Gasteiger partial charge in [0, 0.05) is 11.8 Å². The second-order valence-corrected chi connectivity index (χ2v) is 4.59. The minimum atomic E-state index is 0.717. The molecule has 94 valence electrons. The van der Waals surface area contributed by atoms with Crippen molar-refractivity contribution in [3.05, 3.63) is 18.1 Å². The molecule has 0 aliphatic carbocycles. The zero-order valence-electron chi connectivity index (χ0n) is 10.5. The highest BCUT2D eigenvalue weighted by Crippen LogP contribution is 2.14. The van der Waals surface area contributed by atoms with Gasteiger partial charge in [0.2, 0.25) is 5.88 Å². The Labute approximate surface area is 103 Å². The van der Waals surface area contributed by atoms with Crippen molar-refractivity contribution in [1.82, 2.24) is 15.3 Å². The monoisotopic (exact) mass is 235 g/mol. The van der Waals surface area contributed by atoms with E-state index in [2.05, 4.69) is 22.2 Å². The Morgan fingerprint density at radius 1 is 1.47 bits per heavy atom. The molecular formula is C13H21N3O. The minimum absolute atomic E-state index is 0.717. The lowest BCUT2D eigenvalue weighted by atomic mass is 10.1. The summed E-state index contributed by atoms with van der Waals surface area (Å²) >= 11 is 0. The van der Waals surface area contributed by atoms with Gasteiger partial charge in [0.25, 0.3) is 0 Å². The Morgan fingerprint density at radius 2 is 2.41 bits per heavy atom. The summed E-state index contributed by atoms with van der Waals surface area (Å²) < 4.78 is 5.68. The molecule has 1 aromatic heterocycles. The highest BCUT2D eigenvalue weighted by Gasteiger charge is 2.14. The van der Waals surface area contributed by atoms with Crippen LogP contribution in [-0.4, -0.2) is 29.7 Å². The van der Waals surface area contributed by atoms with Crippen LogP contribution < -0.4 is 10.1 Å². The van der Waals surface area contributed by atoms with Crippen molar-refractivity contribution in [1.29, 1.82) is 0 Å². The smallest absolute Gasteiger partial charge is 0.216 e. The molecule has 0 spiro atoms. The maximum absolute atomic E-state index is 5.68. The summed E-state index contributed by atoms with van der Waals surface area (Å²) in [5, 5.41) is 3.37. The predicted molar refractivity (Wildman–Crippen MR) is 67.1 cm³/mol. The molecule has 0 amide bonds. The van der Waals surface area contributed by atoms with Crippen LogP contribution in [0.25, 0.3) is 0 Å². The first-order valence-corrected chi connectivity index (χ1v) is 6.53. The fourth-order valence-electron chi connectivity index (χ4n) is 2.14. The molecular weight excluding hydrogens is 214 g/mol. The number of nitrogens with one attached hydrogen (secondary N) is 1. The molecule has 1 aliphatic rings. The van der Waals surface area contributed by atoms with E-state index in [0.29, 0.717) is 0 Å². The Bertz CT molecular complexity index is 337. The van der Waals surface area contributed by atoms with Crippen molar-refractivity contribution in [2.75, 3.05) is 19.7 Å². The van der Waals surface area contributed by atoms with Crippen LogP contribution >= 0.6 is 0 Å². The maximum atomic E-state index is 5.68. The second kappa shape index (κ2) is 6.55. The number of rotatable bonds is 6. The molecule has 17 heavy (non-hydrogen) atoms. The highest BCUT2D eigenvalue weighted by molar-refractivity contribution is 5.13. The Kier molecular flexibility index (Phi) is 4.74. The number of aryl methyl sites for hydroxylation is 1. The van der Waals surface area contributed by atoms with E-state index in [1.165, 1.54) is 6.42 Å². The van der Waals surface area contributed by atoms with Gasteiger partial charge in [0.1, 0.15) is 6.33 Å². The van der Waals surface area contributed by atoms with Crippen LogP contribution in [0, 0.1) is 5.92 Å². The van der Waals surface area contributed by atoms with Crippen LogP contribution in [0.3, 0.4) is 0 Å². The first-order valence-electron chi connectivity index (χ1n) is 6.53. The van der Waals surface area contributed by atoms with E-state index in [-0.39, 0.29) is 0 Å². The van der Waals surface area contributed by atoms with E-state index in [0.717, 1.165) is 56.5 Å². The zero-order chi connectivity index (χ0) is 11.9. The Hall–Kier alpha value is -1.16. The van der Waals surface area contributed by atoms with Gasteiger partial charge in [-0.25, -0.2) is 9.97 Å². The Balaban J connectivity index is 1.75. The quantitative estimate of drug-likeness (QED) is 0.817. The van der Waals surface area contributed by atoms with Gasteiger partial charge in [-0.05, 0) is 38.3 Å². The van der Waals surface area contributed by atoms with Crippen molar-refractivity contribution in [3.63, 3.8) is 0 Å². The second-order valence-electron chi connectivity index (χ2n) is 4.59. The van der Waals surface area contributed by atoms with Crippen LogP contribution in [0.1, 0.15) is 31.9 Å². The van der Waals surface area contributed by atoms with Crippen molar-refractivity contribution in [3.8, 4) is 5.88 Å². The normalized spacial score (nSPS) is 19.5. The van der Waals surface area contributed by atoms with Crippen LogP contribution in [0.15, 0.2) is 12.4 Å². The van der Waals surface area contributed by atoms with Crippen LogP contribution in [-0.2, 0) is 6.42 Å². The number of aromatic nitrogens is 2. The van der Waals surface area contributed by atoms with E-state index < -0.39 is 0 Å². The first kappa shape index (κ1) is 12.3. The molecule has 0 bridgehead atoms. The summed E-state index contributed by atoms with van der Waals surface area (Å²) in [6.07, 6.45) is 6.07. The van der Waals surface area contributed by atoms with Gasteiger partial charge in [-0.1, -0.05) is 13.3 Å². The number of hydrogen-bond donors (Lipinski definition) is 1. The summed E-state index contributed by atoms with van der Waals surface area (Å²) in [6, 6.07) is 1.95. The maximum Gasteiger partial charge on any atom is 0.216 e. The molecule has 1 N–H and O–H groups in total. The average molecular weight is 235 g/mol. The first-order chi connectivity index (χ1) is 8.38. The topological polar surface area (TPSA) is 47.0 Å². The molecule has 0 saturated carbocycles. The predicted octanol–water partition coefficient (Wildman–Crippen LogP) is 1.81. The van der Waals surface area contributed by atoms with Crippen molar-refractivity contribution in [2.45, 2.75) is 32.6 Å². The fraction of sp³-hybridized carbons (Fsp3) is 0.692. The zero-order valence-corrected chi connectivity index (χ0v) is 10.5. The van der Waals surface area contributed by atoms with Crippen molar-refractivity contribution >= 4 is 0 Å². The van der Waals surface area contributed by atoms with Crippen LogP contribution in [0.4, 0.5) is 0 Å². The summed E-state index contributed by atoms with van der Waals surface area (Å²) in [6.45, 7) is 5.19. The van der Waals surface area contributed by atoms with Gasteiger partial charge < -0.3 is 10.1 Å². The number of nitrogens with zero attached hydrogens (tertiary/aromatic N) is 2. The molecule has 2 rings (SSSR count). The lowest BCUT2D eigenvalue weighted by molar-refractivity contribution is 0.273. The summed E-state index contributed by atoms with van der Waals surface area (Å²) in [4.78, 5) is 8.35. The van der Waals surface area contributed by atoms with Gasteiger partial charge in [-0.3, -0.25) is 0 Å². The molecule has 0 radical (unpaired) electrons. The third kappa shape index (κ3) is 3.97. The molecule has 1 fully saturated rings. The van der Waals surface area contributed by atoms with Crippen molar-refractivity contribution < 1.29 is 4.74 Å². The third-order valence-electron chi connectivity index (χ3n) is 3.14. The fourth-order valence-corrected chi connectivity index (χ4v) is 2.14. The number of hydrogen-bond acceptors (Lipinski definition) is 4. The van der Waals surface area contributed by atoms with E-state index in [9.17, 15) is 0 Å². The summed E-state index contributed by atoms with van der Waals surface area (Å²) in [5.41, 5.74) is 1.07. The highest BCUT2D eigenvalue weighted by atomic mass is 16.5. The molecule has 1 aromatic rings. The largest absolute Gasteiger partial charge is 0.478 e. The molecule has 4 nitrogen and oxygen atoms in total. The third-order valence-corrected chi connectivity index (χ3v) is 3.14. The molecule has 1 aliphatic heterocycles. The van der Waals surface area contributed by atoms with Gasteiger partial charge >= 0.3 is 0 Å². The minimum Gasteiger partial charge on any atom is -0.478 e. The number of ether oxygens (including phenoxy) is 1. The standard InChI is InChI=1S/C13H21N3O/c1-2-3-12-8-13(16-10-15-12)17-7-5-11-4-6-14-9-11/h8,10-11,14H,2-7,9H2,1H3. The lowest BCUT2D eigenvalue weighted by Gasteiger charge is -2.09. The van der Waals surface area contributed by atoms with Gasteiger partial charge in [-0.2, -0.15) is 0 Å². The van der Waals surface area contributed by atoms with Crippen LogP contribution in [0.2, 0.25) is 0 Å². The van der Waals surface area contributed by atoms with E-state index >= 15 is 0 Å². The van der Waals surface area contributed by atoms with Gasteiger partial charge in [0.05, 0.1) is 6.61 Å². The molecule has 0 aromatic carbocycles. The molecule has 1 unspecified atom stereocenters. The van der Waals surface area contributed by atoms with Gasteiger partial charge in [0.15, 0.2) is 0 Å². The van der Waals surface area contributed by atoms with E-state index in [1.807, 2.05) is 6.07 Å². The molecule has 1 atom stereocenters. The SMILES string of the molecule is CCCc1cc(OCCC2CCNC2)ncn1. The molecule has 1 saturated heterocycles. The molecule has 2 heterocycles. The Morgan fingerprint density at radius 3 is 3.18 bits per heavy atom. The van der Waals surface area contributed by atoms with E-state index in [1.54, 1.807) is 6.33 Å². The van der Waals surface area contributed by atoms with Crippen LogP contribution in [0.5, 0.6) is 5.88 Å². The van der Waals surface area contributed by atoms with Crippen molar-refractivity contribution in [2.24, 2.45) is 5.92 Å². The summed E-state index contributed by atoms with van der Waals surface area (Å²) in [7, 11) is 0.